The minimum atomic E-state index is -1.75. The Morgan fingerprint density at radius 1 is 0.848 bits per heavy atom. The van der Waals surface area contributed by atoms with Gasteiger partial charge in [0.15, 0.2) is 41.7 Å². The Kier molecular flexibility index (Phi) is 12.2. The van der Waals surface area contributed by atoms with Gasteiger partial charge in [-0.1, -0.05) is 12.1 Å². The molecule has 2 aliphatic rings. The van der Waals surface area contributed by atoms with Crippen LogP contribution in [0.5, 0.6) is 23.0 Å². The van der Waals surface area contributed by atoms with Gasteiger partial charge >= 0.3 is 5.97 Å². The van der Waals surface area contributed by atoms with E-state index in [0.717, 1.165) is 6.08 Å². The van der Waals surface area contributed by atoms with E-state index in [-0.39, 0.29) is 30.3 Å². The number of hydrogen-bond acceptors (Lipinski definition) is 15. The second-order valence-corrected chi connectivity index (χ2v) is 10.8. The summed E-state index contributed by atoms with van der Waals surface area (Å²) >= 11 is 0. The van der Waals surface area contributed by atoms with E-state index >= 15 is 0 Å². The highest BCUT2D eigenvalue weighted by atomic mass is 16.7. The Hall–Kier alpha value is -3.51. The molecule has 0 amide bonds. The number of aromatic hydroxyl groups is 2. The Bertz CT molecular complexity index is 1340. The lowest BCUT2D eigenvalue weighted by atomic mass is 9.97. The molecule has 2 fully saturated rings. The molecule has 0 aliphatic carbocycles. The first-order valence-corrected chi connectivity index (χ1v) is 14.5. The van der Waals surface area contributed by atoms with Crippen LogP contribution in [0.2, 0.25) is 0 Å². The second kappa shape index (κ2) is 15.9. The number of aliphatic hydroxyl groups is 5. The van der Waals surface area contributed by atoms with Gasteiger partial charge in [0.1, 0.15) is 36.6 Å². The van der Waals surface area contributed by atoms with E-state index in [1.54, 1.807) is 12.1 Å². The molecule has 0 bridgehead atoms. The summed E-state index contributed by atoms with van der Waals surface area (Å²) in [6, 6.07) is 9.16. The average Bonchev–Trinajstić information content (AvgIpc) is 3.04. The predicted octanol–water partition coefficient (Wildman–Crippen LogP) is -0.410. The van der Waals surface area contributed by atoms with Gasteiger partial charge in [0, 0.05) is 6.08 Å². The number of phenols is 2. The summed E-state index contributed by atoms with van der Waals surface area (Å²) < 4.78 is 38.6. The van der Waals surface area contributed by atoms with Gasteiger partial charge in [-0.2, -0.15) is 0 Å². The van der Waals surface area contributed by atoms with Crippen LogP contribution >= 0.6 is 0 Å². The maximum Gasteiger partial charge on any atom is 0.331 e. The Balaban J connectivity index is 1.52. The van der Waals surface area contributed by atoms with E-state index in [1.807, 2.05) is 0 Å². The monoisotopic (exact) mass is 652 g/mol. The fourth-order valence-electron chi connectivity index (χ4n) is 5.08. The lowest BCUT2D eigenvalue weighted by Crippen LogP contribution is -2.65. The van der Waals surface area contributed by atoms with Crippen LogP contribution in [0.1, 0.15) is 18.1 Å². The zero-order valence-corrected chi connectivity index (χ0v) is 25.4. The Morgan fingerprint density at radius 3 is 2.26 bits per heavy atom. The molecule has 2 aromatic rings. The summed E-state index contributed by atoms with van der Waals surface area (Å²) in [6.45, 7) is 0.712. The van der Waals surface area contributed by atoms with Crippen LogP contribution in [0, 0.1) is 0 Å². The molecular formula is C31H40O15. The fourth-order valence-corrected chi connectivity index (χ4v) is 5.08. The molecule has 10 atom stereocenters. The summed E-state index contributed by atoms with van der Waals surface area (Å²) in [5.41, 5.74) is 1.16. The molecule has 0 radical (unpaired) electrons. The Labute approximate surface area is 264 Å². The van der Waals surface area contributed by atoms with E-state index in [1.165, 1.54) is 51.5 Å². The molecule has 254 valence electrons. The second-order valence-electron chi connectivity index (χ2n) is 10.8. The van der Waals surface area contributed by atoms with E-state index in [9.17, 15) is 40.5 Å². The largest absolute Gasteiger partial charge is 0.504 e. The normalized spacial score (nSPS) is 31.5. The van der Waals surface area contributed by atoms with Gasteiger partial charge in [-0.15, -0.1) is 0 Å². The molecule has 46 heavy (non-hydrogen) atoms. The smallest absolute Gasteiger partial charge is 0.331 e. The van der Waals surface area contributed by atoms with Crippen molar-refractivity contribution in [2.75, 3.05) is 27.4 Å². The molecular weight excluding hydrogens is 612 g/mol. The van der Waals surface area contributed by atoms with Crippen LogP contribution in [0.15, 0.2) is 42.5 Å². The predicted molar refractivity (Wildman–Crippen MR) is 157 cm³/mol. The van der Waals surface area contributed by atoms with Crippen molar-refractivity contribution in [3.8, 4) is 23.0 Å². The average molecular weight is 653 g/mol. The highest BCUT2D eigenvalue weighted by Gasteiger charge is 2.52. The number of benzene rings is 2. The molecule has 15 heteroatoms. The third kappa shape index (κ3) is 8.25. The van der Waals surface area contributed by atoms with Crippen LogP contribution < -0.4 is 9.47 Å². The molecule has 2 aromatic carbocycles. The van der Waals surface area contributed by atoms with Crippen LogP contribution in [0.4, 0.5) is 0 Å². The van der Waals surface area contributed by atoms with Gasteiger partial charge in [0.05, 0.1) is 33.5 Å². The maximum atomic E-state index is 12.9. The van der Waals surface area contributed by atoms with Gasteiger partial charge < -0.3 is 68.9 Å². The van der Waals surface area contributed by atoms with Gasteiger partial charge in [-0.25, -0.2) is 4.79 Å². The lowest BCUT2D eigenvalue weighted by molar-refractivity contribution is -0.357. The van der Waals surface area contributed by atoms with Gasteiger partial charge in [-0.3, -0.25) is 0 Å². The van der Waals surface area contributed by atoms with E-state index in [4.69, 9.17) is 33.2 Å². The van der Waals surface area contributed by atoms with Crippen LogP contribution in [0.25, 0.3) is 6.08 Å². The number of aliphatic hydroxyl groups excluding tert-OH is 5. The van der Waals surface area contributed by atoms with Crippen molar-refractivity contribution in [2.24, 2.45) is 0 Å². The molecule has 0 saturated carbocycles. The number of rotatable bonds is 12. The van der Waals surface area contributed by atoms with Gasteiger partial charge in [0.2, 0.25) is 0 Å². The first-order chi connectivity index (χ1) is 22.0. The van der Waals surface area contributed by atoms with Crippen molar-refractivity contribution in [2.45, 2.75) is 74.8 Å². The summed E-state index contributed by atoms with van der Waals surface area (Å²) in [7, 11) is 2.79. The van der Waals surface area contributed by atoms with Gasteiger partial charge in [-0.05, 0) is 54.8 Å². The highest BCUT2D eigenvalue weighted by molar-refractivity contribution is 5.87. The summed E-state index contributed by atoms with van der Waals surface area (Å²) in [5.74, 6) is -0.625. The summed E-state index contributed by atoms with van der Waals surface area (Å²) in [6.07, 6.45) is -12.1. The molecule has 2 aliphatic heterocycles. The fraction of sp³-hybridized carbons (Fsp3) is 0.516. The van der Waals surface area contributed by atoms with Gasteiger partial charge in [0.25, 0.3) is 0 Å². The first kappa shape index (κ1) is 35.3. The van der Waals surface area contributed by atoms with Crippen LogP contribution in [0.3, 0.4) is 0 Å². The number of esters is 1. The number of methoxy groups -OCH3 is 2. The van der Waals surface area contributed by atoms with Crippen LogP contribution in [-0.2, 0) is 34.9 Å². The third-order valence-corrected chi connectivity index (χ3v) is 7.68. The number of ether oxygens (including phenoxy) is 7. The topological polar surface area (TPSA) is 223 Å². The molecule has 0 spiro atoms. The Morgan fingerprint density at radius 2 is 1.59 bits per heavy atom. The number of hydrogen-bond donors (Lipinski definition) is 7. The third-order valence-electron chi connectivity index (χ3n) is 7.68. The number of carbonyl (C=O) groups excluding carboxylic acids is 1. The molecule has 2 heterocycles. The lowest BCUT2D eigenvalue weighted by Gasteiger charge is -2.46. The van der Waals surface area contributed by atoms with Crippen molar-refractivity contribution >= 4 is 12.0 Å². The van der Waals surface area contributed by atoms with Crippen molar-refractivity contribution in [1.82, 2.24) is 0 Å². The quantitative estimate of drug-likeness (QED) is 0.114. The molecule has 0 unspecified atom stereocenters. The van der Waals surface area contributed by atoms with Crippen molar-refractivity contribution in [3.05, 3.63) is 53.6 Å². The molecule has 0 aromatic heterocycles. The van der Waals surface area contributed by atoms with E-state index in [0.29, 0.717) is 16.9 Å². The van der Waals surface area contributed by atoms with Crippen molar-refractivity contribution in [1.29, 1.82) is 0 Å². The highest BCUT2D eigenvalue weighted by Crippen LogP contribution is 2.32. The first-order valence-electron chi connectivity index (χ1n) is 14.5. The minimum Gasteiger partial charge on any atom is -0.504 e. The van der Waals surface area contributed by atoms with E-state index < -0.39 is 74.0 Å². The zero-order chi connectivity index (χ0) is 33.5. The zero-order valence-electron chi connectivity index (χ0n) is 25.4. The molecule has 15 nitrogen and oxygen atoms in total. The van der Waals surface area contributed by atoms with Crippen LogP contribution in [-0.4, -0.2) is 131 Å². The molecule has 2 saturated heterocycles. The van der Waals surface area contributed by atoms with E-state index in [2.05, 4.69) is 0 Å². The summed E-state index contributed by atoms with van der Waals surface area (Å²) in [5, 5.41) is 72.3. The minimum absolute atomic E-state index is 0.0217. The summed E-state index contributed by atoms with van der Waals surface area (Å²) in [4.78, 5) is 12.9. The molecule has 4 rings (SSSR count). The number of phenolic OH excluding ortho intramolecular Hbond substituents is 2. The molecule has 7 N–H and O–H groups in total. The van der Waals surface area contributed by atoms with Crippen molar-refractivity contribution in [3.63, 3.8) is 0 Å². The maximum absolute atomic E-state index is 12.9. The standard InChI is InChI=1S/C31H40O15/c1-15-24(36)25(37)26(38)31(43-15)46-29-27(39)30(42-11-10-17-5-8-20(40-2)19(34)12-17)44-22(14-32)28(29)45-23(35)9-6-16-4-7-18(33)21(13-16)41-3/h4-9,12-13,15,22,24-34,36-39H,10-11,14H2,1-3H3/b9-6+/t15-,22+,24-,25+,26+,27+,28+,29+,30+,31-/m1/s1. The van der Waals surface area contributed by atoms with Crippen molar-refractivity contribution < 1.29 is 73.7 Å². The number of carbonyl (C=O) groups is 1. The SMILES string of the molecule is COc1ccc(CCO[C@H]2O[C@@H](CO)[C@H](OC(=O)/C=C/c3ccc(O)c(OC)c3)[C@@H](O[C@H]3O[C@H](C)[C@@H](O)[C@H](O)[C@@H]3O)[C@@H]2O)cc1O.